The fourth-order valence-electron chi connectivity index (χ4n) is 3.66. The lowest BCUT2D eigenvalue weighted by Crippen LogP contribution is -2.54. The van der Waals surface area contributed by atoms with E-state index in [2.05, 4.69) is 11.4 Å². The molecule has 4 amide bonds. The third kappa shape index (κ3) is 4.28. The molecule has 0 aromatic heterocycles. The Balaban J connectivity index is 1.34. The molecule has 1 saturated heterocycles. The first kappa shape index (κ1) is 21.7. The Morgan fingerprint density at radius 3 is 2.57 bits per heavy atom. The van der Waals surface area contributed by atoms with Gasteiger partial charge in [0.15, 0.2) is 11.5 Å². The lowest BCUT2D eigenvalue weighted by molar-refractivity contribution is -0.122. The number of hydrogen-bond acceptors (Lipinski definition) is 7. The van der Waals surface area contributed by atoms with E-state index in [9.17, 15) is 19.6 Å². The Morgan fingerprint density at radius 1 is 1.00 bits per heavy atom. The molecule has 1 N–H and O–H groups in total. The lowest BCUT2D eigenvalue weighted by Gasteiger charge is -2.26. The highest BCUT2D eigenvalue weighted by molar-refractivity contribution is 6.39. The number of amides is 4. The molecule has 0 atom stereocenters. The van der Waals surface area contributed by atoms with Gasteiger partial charge in [0.1, 0.15) is 17.9 Å². The number of hydrogen-bond donors (Lipinski definition) is 1. The Kier molecular flexibility index (Phi) is 5.61. The molecule has 0 saturated carbocycles. The van der Waals surface area contributed by atoms with Gasteiger partial charge in [0.2, 0.25) is 6.79 Å². The van der Waals surface area contributed by atoms with Gasteiger partial charge in [-0.25, -0.2) is 9.69 Å². The summed E-state index contributed by atoms with van der Waals surface area (Å²) in [6.07, 6.45) is 1.40. The number of nitriles is 1. The van der Waals surface area contributed by atoms with Gasteiger partial charge in [-0.05, 0) is 42.0 Å². The largest absolute Gasteiger partial charge is 0.489 e. The van der Waals surface area contributed by atoms with Gasteiger partial charge >= 0.3 is 6.03 Å². The predicted molar refractivity (Wildman–Crippen MR) is 123 cm³/mol. The van der Waals surface area contributed by atoms with Crippen molar-refractivity contribution in [2.24, 2.45) is 0 Å². The first-order valence-electron chi connectivity index (χ1n) is 10.6. The minimum absolute atomic E-state index is 0.0487. The summed E-state index contributed by atoms with van der Waals surface area (Å²) in [4.78, 5) is 38.8. The zero-order chi connectivity index (χ0) is 24.4. The van der Waals surface area contributed by atoms with Crippen LogP contribution in [0.2, 0.25) is 0 Å². The third-order valence-corrected chi connectivity index (χ3v) is 5.44. The van der Waals surface area contributed by atoms with E-state index in [1.807, 2.05) is 12.1 Å². The smallest absolute Gasteiger partial charge is 0.335 e. The van der Waals surface area contributed by atoms with Crippen LogP contribution in [0.5, 0.6) is 17.2 Å². The first-order chi connectivity index (χ1) is 17.0. The van der Waals surface area contributed by atoms with Gasteiger partial charge in [-0.15, -0.1) is 0 Å². The SMILES string of the molecule is N#Cc1ccccc1COc1ccc(C=C2C(=O)NC(=O)N(c3ccc4c(c3)OCO4)C2=O)cc1. The zero-order valence-electron chi connectivity index (χ0n) is 18.2. The number of nitrogens with zero attached hydrogens (tertiary/aromatic N) is 2. The van der Waals surface area contributed by atoms with Gasteiger partial charge in [0.05, 0.1) is 17.3 Å². The van der Waals surface area contributed by atoms with Crippen molar-refractivity contribution in [2.75, 3.05) is 11.7 Å². The average molecular weight is 467 g/mol. The first-order valence-corrected chi connectivity index (χ1v) is 10.6. The number of anilines is 1. The van der Waals surface area contributed by atoms with Crippen LogP contribution < -0.4 is 24.4 Å². The molecule has 2 heterocycles. The van der Waals surface area contributed by atoms with Crippen LogP contribution in [0, 0.1) is 11.3 Å². The molecule has 2 aliphatic heterocycles. The summed E-state index contributed by atoms with van der Waals surface area (Å²) in [5, 5.41) is 11.4. The highest BCUT2D eigenvalue weighted by Gasteiger charge is 2.37. The number of ether oxygens (including phenoxy) is 3. The van der Waals surface area contributed by atoms with Crippen LogP contribution in [0.15, 0.2) is 72.3 Å². The Hall–Kier alpha value is -5.10. The Labute approximate surface area is 199 Å². The molecule has 0 unspecified atom stereocenters. The van der Waals surface area contributed by atoms with Gasteiger partial charge in [0, 0.05) is 11.6 Å². The quantitative estimate of drug-likeness (QED) is 0.450. The number of rotatable bonds is 5. The minimum atomic E-state index is -0.850. The summed E-state index contributed by atoms with van der Waals surface area (Å²) in [5.74, 6) is -0.0876. The maximum absolute atomic E-state index is 13.1. The zero-order valence-corrected chi connectivity index (χ0v) is 18.2. The molecule has 0 radical (unpaired) electrons. The number of barbiturate groups is 1. The molecule has 2 aliphatic rings. The van der Waals surface area contributed by atoms with E-state index >= 15 is 0 Å². The summed E-state index contributed by atoms with van der Waals surface area (Å²) in [6, 6.07) is 19.8. The second-order valence-corrected chi connectivity index (χ2v) is 7.62. The Morgan fingerprint density at radius 2 is 1.77 bits per heavy atom. The Bertz CT molecular complexity index is 1420. The summed E-state index contributed by atoms with van der Waals surface area (Å²) >= 11 is 0. The minimum Gasteiger partial charge on any atom is -0.489 e. The van der Waals surface area contributed by atoms with E-state index in [1.54, 1.807) is 42.5 Å². The number of carbonyl (C=O) groups is 3. The van der Waals surface area contributed by atoms with Crippen molar-refractivity contribution < 1.29 is 28.6 Å². The van der Waals surface area contributed by atoms with Crippen LogP contribution in [-0.4, -0.2) is 24.6 Å². The van der Waals surface area contributed by atoms with Crippen molar-refractivity contribution in [3.05, 3.63) is 89.0 Å². The number of nitrogens with one attached hydrogen (secondary N) is 1. The summed E-state index contributed by atoms with van der Waals surface area (Å²) in [7, 11) is 0. The average Bonchev–Trinajstić information content (AvgIpc) is 3.34. The summed E-state index contributed by atoms with van der Waals surface area (Å²) < 4.78 is 16.3. The molecule has 9 nitrogen and oxygen atoms in total. The van der Waals surface area contributed by atoms with E-state index in [-0.39, 0.29) is 24.7 Å². The van der Waals surface area contributed by atoms with Crippen LogP contribution >= 0.6 is 0 Å². The second kappa shape index (κ2) is 9.03. The van der Waals surface area contributed by atoms with Gasteiger partial charge in [-0.3, -0.25) is 14.9 Å². The fourth-order valence-corrected chi connectivity index (χ4v) is 3.66. The lowest BCUT2D eigenvalue weighted by atomic mass is 10.1. The van der Waals surface area contributed by atoms with E-state index in [0.29, 0.717) is 28.4 Å². The van der Waals surface area contributed by atoms with Crippen molar-refractivity contribution in [3.63, 3.8) is 0 Å². The molecule has 0 spiro atoms. The van der Waals surface area contributed by atoms with Crippen LogP contribution in [0.3, 0.4) is 0 Å². The number of carbonyl (C=O) groups excluding carboxylic acids is 3. The highest BCUT2D eigenvalue weighted by atomic mass is 16.7. The standard InChI is InChI=1S/C26H17N3O6/c27-13-17-3-1-2-4-18(17)14-33-20-8-5-16(6-9-20)11-21-24(30)28-26(32)29(25(21)31)19-7-10-22-23(12-19)35-15-34-22/h1-12H,14-15H2,(H,28,30,32). The second-order valence-electron chi connectivity index (χ2n) is 7.62. The number of fused-ring (bicyclic) bond motifs is 1. The molecule has 172 valence electrons. The van der Waals surface area contributed by atoms with Gasteiger partial charge in [-0.2, -0.15) is 5.26 Å². The van der Waals surface area contributed by atoms with Crippen molar-refractivity contribution in [1.82, 2.24) is 5.32 Å². The van der Waals surface area contributed by atoms with Gasteiger partial charge in [0.25, 0.3) is 11.8 Å². The molecule has 1 fully saturated rings. The van der Waals surface area contributed by atoms with Crippen LogP contribution in [0.4, 0.5) is 10.5 Å². The highest BCUT2D eigenvalue weighted by Crippen LogP contribution is 2.36. The topological polar surface area (TPSA) is 118 Å². The van der Waals surface area contributed by atoms with Crippen molar-refractivity contribution in [2.45, 2.75) is 6.61 Å². The summed E-state index contributed by atoms with van der Waals surface area (Å²) in [5.41, 5.74) is 1.92. The van der Waals surface area contributed by atoms with Gasteiger partial charge < -0.3 is 14.2 Å². The molecule has 0 bridgehead atoms. The molecule has 3 aromatic rings. The van der Waals surface area contributed by atoms with Crippen LogP contribution in [0.1, 0.15) is 16.7 Å². The van der Waals surface area contributed by atoms with E-state index in [0.717, 1.165) is 10.5 Å². The molecule has 3 aromatic carbocycles. The van der Waals surface area contributed by atoms with E-state index < -0.39 is 17.8 Å². The number of urea groups is 1. The van der Waals surface area contributed by atoms with Crippen LogP contribution in [-0.2, 0) is 16.2 Å². The molecule has 0 aliphatic carbocycles. The van der Waals surface area contributed by atoms with Gasteiger partial charge in [-0.1, -0.05) is 30.3 Å². The molecular weight excluding hydrogens is 450 g/mol. The molecular formula is C26H17N3O6. The predicted octanol–water partition coefficient (Wildman–Crippen LogP) is 3.53. The number of imide groups is 2. The fraction of sp³-hybridized carbons (Fsp3) is 0.0769. The van der Waals surface area contributed by atoms with Crippen molar-refractivity contribution in [1.29, 1.82) is 5.26 Å². The maximum atomic E-state index is 13.1. The van der Waals surface area contributed by atoms with E-state index in [1.165, 1.54) is 18.2 Å². The number of benzene rings is 3. The van der Waals surface area contributed by atoms with Crippen LogP contribution in [0.25, 0.3) is 6.08 Å². The van der Waals surface area contributed by atoms with Crippen molar-refractivity contribution >= 4 is 29.6 Å². The van der Waals surface area contributed by atoms with Crippen molar-refractivity contribution in [3.8, 4) is 23.3 Å². The monoisotopic (exact) mass is 467 g/mol. The third-order valence-electron chi connectivity index (χ3n) is 5.44. The molecule has 5 rings (SSSR count). The molecule has 9 heteroatoms. The molecule has 35 heavy (non-hydrogen) atoms. The maximum Gasteiger partial charge on any atom is 0.335 e. The normalized spacial score (nSPS) is 15.7. The van der Waals surface area contributed by atoms with E-state index in [4.69, 9.17) is 14.2 Å². The summed E-state index contributed by atoms with van der Waals surface area (Å²) in [6.45, 7) is 0.269.